The Morgan fingerprint density at radius 1 is 1.11 bits per heavy atom. The van der Waals surface area contributed by atoms with Crippen LogP contribution in [0.2, 0.25) is 10.0 Å². The molecule has 0 saturated heterocycles. The van der Waals surface area contributed by atoms with Crippen molar-refractivity contribution in [3.8, 4) is 11.5 Å². The van der Waals surface area contributed by atoms with E-state index in [1.54, 1.807) is 18.2 Å². The zero-order valence-corrected chi connectivity index (χ0v) is 12.0. The third-order valence-electron chi connectivity index (χ3n) is 2.77. The third-order valence-corrected chi connectivity index (χ3v) is 3.69. The average Bonchev–Trinajstić information content (AvgIpc) is 2.36. The summed E-state index contributed by atoms with van der Waals surface area (Å²) in [6.45, 7) is 3.81. The number of hydrogen-bond donors (Lipinski definition) is 0. The molecule has 0 aliphatic heterocycles. The van der Waals surface area contributed by atoms with E-state index >= 15 is 0 Å². The molecule has 0 spiro atoms. The van der Waals surface area contributed by atoms with Crippen molar-refractivity contribution in [2.24, 2.45) is 0 Å². The monoisotopic (exact) mass is 294 g/mol. The van der Waals surface area contributed by atoms with Gasteiger partial charge in [0.25, 0.3) is 0 Å². The lowest BCUT2D eigenvalue weighted by Crippen LogP contribution is -1.93. The predicted octanol–water partition coefficient (Wildman–Crippen LogP) is 5.22. The van der Waals surface area contributed by atoms with Gasteiger partial charge in [-0.25, -0.2) is 0 Å². The molecule has 0 radical (unpaired) electrons. The van der Waals surface area contributed by atoms with Crippen LogP contribution in [-0.4, -0.2) is 6.29 Å². The van der Waals surface area contributed by atoms with Crippen LogP contribution in [0, 0.1) is 13.8 Å². The molecule has 0 bridgehead atoms. The van der Waals surface area contributed by atoms with E-state index in [4.69, 9.17) is 27.9 Å². The van der Waals surface area contributed by atoms with Gasteiger partial charge in [-0.3, -0.25) is 4.79 Å². The van der Waals surface area contributed by atoms with Crippen molar-refractivity contribution >= 4 is 29.5 Å². The van der Waals surface area contributed by atoms with Crippen LogP contribution in [-0.2, 0) is 0 Å². The molecule has 2 aromatic carbocycles. The fraction of sp³-hybridized carbons (Fsp3) is 0.133. The van der Waals surface area contributed by atoms with Crippen molar-refractivity contribution in [2.75, 3.05) is 0 Å². The second-order valence-electron chi connectivity index (χ2n) is 4.24. The van der Waals surface area contributed by atoms with Crippen LogP contribution in [0.4, 0.5) is 0 Å². The molecule has 2 nitrogen and oxygen atoms in total. The molecule has 98 valence electrons. The first-order valence-corrected chi connectivity index (χ1v) is 6.47. The number of aryl methyl sites for hydroxylation is 2. The van der Waals surface area contributed by atoms with Crippen LogP contribution in [0.15, 0.2) is 30.3 Å². The number of rotatable bonds is 3. The highest BCUT2D eigenvalue weighted by Gasteiger charge is 2.10. The molecule has 0 amide bonds. The first kappa shape index (κ1) is 13.9. The van der Waals surface area contributed by atoms with E-state index in [2.05, 4.69) is 0 Å². The first-order valence-electron chi connectivity index (χ1n) is 5.71. The Bertz CT molecular complexity index is 613. The Morgan fingerprint density at radius 2 is 1.74 bits per heavy atom. The quantitative estimate of drug-likeness (QED) is 0.726. The lowest BCUT2D eigenvalue weighted by Gasteiger charge is -2.11. The maximum atomic E-state index is 11.0. The molecule has 0 saturated carbocycles. The van der Waals surface area contributed by atoms with E-state index in [0.29, 0.717) is 33.4 Å². The molecule has 0 heterocycles. The summed E-state index contributed by atoms with van der Waals surface area (Å²) in [7, 11) is 0. The molecule has 0 aliphatic carbocycles. The van der Waals surface area contributed by atoms with Crippen LogP contribution in [0.1, 0.15) is 21.5 Å². The minimum Gasteiger partial charge on any atom is -0.457 e. The fourth-order valence-electron chi connectivity index (χ4n) is 1.81. The van der Waals surface area contributed by atoms with Crippen molar-refractivity contribution in [1.82, 2.24) is 0 Å². The van der Waals surface area contributed by atoms with Gasteiger partial charge in [-0.15, -0.1) is 0 Å². The number of hydrogen-bond acceptors (Lipinski definition) is 2. The van der Waals surface area contributed by atoms with E-state index in [9.17, 15) is 4.79 Å². The number of benzene rings is 2. The van der Waals surface area contributed by atoms with E-state index in [1.165, 1.54) is 0 Å². The highest BCUT2D eigenvalue weighted by atomic mass is 35.5. The van der Waals surface area contributed by atoms with Gasteiger partial charge in [0.05, 0.1) is 10.6 Å². The van der Waals surface area contributed by atoms with Gasteiger partial charge in [0.1, 0.15) is 11.5 Å². The molecular formula is C15H12Cl2O2. The van der Waals surface area contributed by atoms with Crippen molar-refractivity contribution in [3.63, 3.8) is 0 Å². The predicted molar refractivity (Wildman–Crippen MR) is 77.8 cm³/mol. The number of ether oxygens (including phenoxy) is 1. The van der Waals surface area contributed by atoms with Gasteiger partial charge in [0.2, 0.25) is 0 Å². The minimum atomic E-state index is 0.342. The third kappa shape index (κ3) is 2.91. The number of carbonyl (C=O) groups is 1. The Hall–Kier alpha value is -1.51. The van der Waals surface area contributed by atoms with Crippen LogP contribution in [0.25, 0.3) is 0 Å². The van der Waals surface area contributed by atoms with Crippen molar-refractivity contribution in [3.05, 3.63) is 57.1 Å². The molecule has 19 heavy (non-hydrogen) atoms. The van der Waals surface area contributed by atoms with E-state index in [0.717, 1.165) is 11.1 Å². The Labute approximate surface area is 121 Å². The second kappa shape index (κ2) is 5.64. The molecule has 0 unspecified atom stereocenters. The van der Waals surface area contributed by atoms with Gasteiger partial charge in [0, 0.05) is 5.02 Å². The molecule has 0 aromatic heterocycles. The Morgan fingerprint density at radius 3 is 2.32 bits per heavy atom. The fourth-order valence-corrected chi connectivity index (χ4v) is 2.13. The first-order chi connectivity index (χ1) is 9.02. The second-order valence-corrected chi connectivity index (χ2v) is 5.03. The SMILES string of the molecule is Cc1cc(Oc2cccc(Cl)c2C=O)cc(C)c1Cl. The summed E-state index contributed by atoms with van der Waals surface area (Å²) in [6, 6.07) is 8.74. The Balaban J connectivity index is 2.42. The highest BCUT2D eigenvalue weighted by molar-refractivity contribution is 6.33. The average molecular weight is 295 g/mol. The highest BCUT2D eigenvalue weighted by Crippen LogP contribution is 2.32. The van der Waals surface area contributed by atoms with Crippen LogP contribution in [0.3, 0.4) is 0 Å². The van der Waals surface area contributed by atoms with Gasteiger partial charge >= 0.3 is 0 Å². The van der Waals surface area contributed by atoms with Crippen LogP contribution in [0.5, 0.6) is 11.5 Å². The Kier molecular flexibility index (Phi) is 4.13. The van der Waals surface area contributed by atoms with Crippen molar-refractivity contribution < 1.29 is 9.53 Å². The molecule has 2 rings (SSSR count). The van der Waals surface area contributed by atoms with Crippen LogP contribution < -0.4 is 4.74 Å². The molecule has 0 N–H and O–H groups in total. The maximum Gasteiger partial charge on any atom is 0.155 e. The molecule has 2 aromatic rings. The molecule has 0 fully saturated rings. The van der Waals surface area contributed by atoms with E-state index < -0.39 is 0 Å². The van der Waals surface area contributed by atoms with Crippen molar-refractivity contribution in [1.29, 1.82) is 0 Å². The number of carbonyl (C=O) groups excluding carboxylic acids is 1. The minimum absolute atomic E-state index is 0.342. The number of halogens is 2. The van der Waals surface area contributed by atoms with Gasteiger partial charge in [0.15, 0.2) is 6.29 Å². The van der Waals surface area contributed by atoms with Gasteiger partial charge in [-0.1, -0.05) is 29.3 Å². The molecular weight excluding hydrogens is 283 g/mol. The summed E-state index contributed by atoms with van der Waals surface area (Å²) in [6.07, 6.45) is 0.688. The maximum absolute atomic E-state index is 11.0. The zero-order valence-electron chi connectivity index (χ0n) is 10.5. The summed E-state index contributed by atoms with van der Waals surface area (Å²) in [5.41, 5.74) is 2.19. The summed E-state index contributed by atoms with van der Waals surface area (Å²) >= 11 is 12.1. The normalized spacial score (nSPS) is 10.3. The lowest BCUT2D eigenvalue weighted by atomic mass is 10.1. The van der Waals surface area contributed by atoms with E-state index in [1.807, 2.05) is 26.0 Å². The number of aldehydes is 1. The van der Waals surface area contributed by atoms with Gasteiger partial charge < -0.3 is 4.74 Å². The van der Waals surface area contributed by atoms with E-state index in [-0.39, 0.29) is 0 Å². The smallest absolute Gasteiger partial charge is 0.155 e. The topological polar surface area (TPSA) is 26.3 Å². The van der Waals surface area contributed by atoms with Gasteiger partial charge in [-0.05, 0) is 49.2 Å². The summed E-state index contributed by atoms with van der Waals surface area (Å²) in [5, 5.41) is 1.09. The molecule has 4 heteroatoms. The zero-order chi connectivity index (χ0) is 14.0. The van der Waals surface area contributed by atoms with Crippen LogP contribution >= 0.6 is 23.2 Å². The summed E-state index contributed by atoms with van der Waals surface area (Å²) in [5.74, 6) is 1.06. The lowest BCUT2D eigenvalue weighted by molar-refractivity contribution is 0.112. The van der Waals surface area contributed by atoms with Gasteiger partial charge in [-0.2, -0.15) is 0 Å². The standard InChI is InChI=1S/C15H12Cl2O2/c1-9-6-11(7-10(2)15(9)17)19-14-5-3-4-13(16)12(14)8-18/h3-8H,1-2H3. The summed E-state index contributed by atoms with van der Waals surface area (Å²) in [4.78, 5) is 11.0. The molecule has 0 atom stereocenters. The van der Waals surface area contributed by atoms with Crippen molar-refractivity contribution in [2.45, 2.75) is 13.8 Å². The largest absolute Gasteiger partial charge is 0.457 e. The molecule has 0 aliphatic rings. The summed E-state index contributed by atoms with van der Waals surface area (Å²) < 4.78 is 5.72.